The van der Waals surface area contributed by atoms with E-state index in [4.69, 9.17) is 5.11 Å². The number of nitrogens with zero attached hydrogens (tertiary/aromatic N) is 1. The van der Waals surface area contributed by atoms with Gasteiger partial charge in [-0.05, 0) is 32.2 Å². The molecule has 1 aliphatic carbocycles. The van der Waals surface area contributed by atoms with Crippen LogP contribution in [0.3, 0.4) is 0 Å². The van der Waals surface area contributed by atoms with Crippen LogP contribution in [0.2, 0.25) is 0 Å². The summed E-state index contributed by atoms with van der Waals surface area (Å²) in [7, 11) is 0. The molecule has 0 aromatic heterocycles. The van der Waals surface area contributed by atoms with Gasteiger partial charge in [0.15, 0.2) is 5.60 Å². The summed E-state index contributed by atoms with van der Waals surface area (Å²) in [5.74, 6) is -1.07. The van der Waals surface area contributed by atoms with Crippen LogP contribution in [-0.4, -0.2) is 45.8 Å². The van der Waals surface area contributed by atoms with Gasteiger partial charge >= 0.3 is 5.97 Å². The molecule has 2 rings (SSSR count). The maximum Gasteiger partial charge on any atom is 0.337 e. The molecule has 0 amide bonds. The number of hydrogen-bond acceptors (Lipinski definition) is 3. The Labute approximate surface area is 83.5 Å². The number of carboxylic acids is 1. The average Bonchev–Trinajstić information content (AvgIpc) is 2.00. The van der Waals surface area contributed by atoms with Gasteiger partial charge in [-0.3, -0.25) is 4.90 Å². The number of carboxylic acid groups (broad SMARTS) is 1. The van der Waals surface area contributed by atoms with Crippen molar-refractivity contribution in [2.75, 3.05) is 13.1 Å². The quantitative estimate of drug-likeness (QED) is 0.678. The van der Waals surface area contributed by atoms with Gasteiger partial charge in [0.1, 0.15) is 0 Å². The minimum Gasteiger partial charge on any atom is -0.479 e. The number of carbonyl (C=O) groups is 1. The Morgan fingerprint density at radius 3 is 2.57 bits per heavy atom. The minimum absolute atomic E-state index is 0.312. The highest BCUT2D eigenvalue weighted by atomic mass is 16.4. The number of piperidine rings is 1. The van der Waals surface area contributed by atoms with E-state index in [1.165, 1.54) is 6.42 Å². The van der Waals surface area contributed by atoms with Gasteiger partial charge in [0, 0.05) is 12.6 Å². The van der Waals surface area contributed by atoms with E-state index in [2.05, 4.69) is 4.90 Å². The lowest BCUT2D eigenvalue weighted by atomic mass is 9.86. The number of aliphatic hydroxyl groups is 1. The monoisotopic (exact) mass is 199 g/mol. The van der Waals surface area contributed by atoms with Gasteiger partial charge in [0.05, 0.1) is 0 Å². The van der Waals surface area contributed by atoms with Gasteiger partial charge in [-0.2, -0.15) is 0 Å². The molecule has 4 nitrogen and oxygen atoms in total. The Kier molecular flexibility index (Phi) is 2.49. The van der Waals surface area contributed by atoms with E-state index in [0.29, 0.717) is 19.0 Å². The molecular weight excluding hydrogens is 182 g/mol. The van der Waals surface area contributed by atoms with Gasteiger partial charge in [-0.1, -0.05) is 6.42 Å². The van der Waals surface area contributed by atoms with E-state index in [1.807, 2.05) is 0 Å². The zero-order valence-corrected chi connectivity index (χ0v) is 8.28. The molecule has 1 saturated heterocycles. The number of aliphatic carboxylic acids is 1. The Hall–Kier alpha value is -0.610. The molecule has 2 fully saturated rings. The number of rotatable bonds is 2. The average molecular weight is 199 g/mol. The van der Waals surface area contributed by atoms with Crippen molar-refractivity contribution in [1.82, 2.24) is 4.90 Å². The topological polar surface area (TPSA) is 60.8 Å². The molecule has 80 valence electrons. The number of β-amino-alcohol motifs (C(OH)–C–C–N with tert-alkyl or cyclic N) is 1. The molecular formula is C10H17NO3. The van der Waals surface area contributed by atoms with Crippen molar-refractivity contribution in [3.63, 3.8) is 0 Å². The lowest BCUT2D eigenvalue weighted by Crippen LogP contribution is -2.56. The van der Waals surface area contributed by atoms with E-state index in [9.17, 15) is 9.90 Å². The summed E-state index contributed by atoms with van der Waals surface area (Å²) in [5.41, 5.74) is -1.49. The highest BCUT2D eigenvalue weighted by molar-refractivity contribution is 5.77. The van der Waals surface area contributed by atoms with Crippen molar-refractivity contribution in [3.8, 4) is 0 Å². The largest absolute Gasteiger partial charge is 0.479 e. The van der Waals surface area contributed by atoms with Crippen LogP contribution in [0.15, 0.2) is 0 Å². The molecule has 0 bridgehead atoms. The Morgan fingerprint density at radius 2 is 2.07 bits per heavy atom. The Bertz CT molecular complexity index is 240. The van der Waals surface area contributed by atoms with Crippen LogP contribution in [0.1, 0.15) is 32.1 Å². The molecule has 2 N–H and O–H groups in total. The fourth-order valence-corrected chi connectivity index (χ4v) is 2.31. The predicted molar refractivity (Wildman–Crippen MR) is 51.0 cm³/mol. The molecule has 1 saturated carbocycles. The smallest absolute Gasteiger partial charge is 0.337 e. The van der Waals surface area contributed by atoms with E-state index in [1.54, 1.807) is 0 Å². The summed E-state index contributed by atoms with van der Waals surface area (Å²) >= 11 is 0. The molecule has 0 spiro atoms. The summed E-state index contributed by atoms with van der Waals surface area (Å²) < 4.78 is 0. The SMILES string of the molecule is O=C(O)C1(O)CCCN(C2CCC2)C1. The van der Waals surface area contributed by atoms with Crippen molar-refractivity contribution in [3.05, 3.63) is 0 Å². The molecule has 1 aliphatic heterocycles. The highest BCUT2D eigenvalue weighted by Crippen LogP contribution is 2.30. The standard InChI is InChI=1S/C10H17NO3/c12-9(13)10(14)5-2-6-11(7-10)8-3-1-4-8/h8,14H,1-7H2,(H,12,13). The maximum atomic E-state index is 10.9. The molecule has 0 radical (unpaired) electrons. The number of likely N-dealkylation sites (tertiary alicyclic amines) is 1. The van der Waals surface area contributed by atoms with Crippen molar-refractivity contribution >= 4 is 5.97 Å². The van der Waals surface area contributed by atoms with Crippen molar-refractivity contribution < 1.29 is 15.0 Å². The van der Waals surface area contributed by atoms with E-state index in [0.717, 1.165) is 25.8 Å². The molecule has 1 heterocycles. The first-order valence-electron chi connectivity index (χ1n) is 5.32. The summed E-state index contributed by atoms with van der Waals surface area (Å²) in [4.78, 5) is 13.0. The van der Waals surface area contributed by atoms with Crippen LogP contribution in [-0.2, 0) is 4.79 Å². The lowest BCUT2D eigenvalue weighted by Gasteiger charge is -2.44. The molecule has 0 aromatic rings. The molecule has 0 aromatic carbocycles. The van der Waals surface area contributed by atoms with E-state index in [-0.39, 0.29) is 0 Å². The molecule has 1 unspecified atom stereocenters. The zero-order chi connectivity index (χ0) is 10.2. The number of hydrogen-bond donors (Lipinski definition) is 2. The fourth-order valence-electron chi connectivity index (χ4n) is 2.31. The van der Waals surface area contributed by atoms with Crippen LogP contribution >= 0.6 is 0 Å². The second kappa shape index (κ2) is 3.51. The van der Waals surface area contributed by atoms with Gasteiger partial charge in [-0.25, -0.2) is 4.79 Å². The first-order valence-corrected chi connectivity index (χ1v) is 5.32. The third-order valence-corrected chi connectivity index (χ3v) is 3.49. The van der Waals surface area contributed by atoms with Crippen LogP contribution in [0, 0.1) is 0 Å². The van der Waals surface area contributed by atoms with Gasteiger partial charge in [-0.15, -0.1) is 0 Å². The summed E-state index contributed by atoms with van der Waals surface area (Å²) in [6.45, 7) is 1.26. The van der Waals surface area contributed by atoms with E-state index < -0.39 is 11.6 Å². The van der Waals surface area contributed by atoms with Crippen LogP contribution in [0.4, 0.5) is 0 Å². The second-order valence-electron chi connectivity index (χ2n) is 4.50. The maximum absolute atomic E-state index is 10.9. The third-order valence-electron chi connectivity index (χ3n) is 3.49. The Morgan fingerprint density at radius 1 is 1.36 bits per heavy atom. The van der Waals surface area contributed by atoms with Crippen molar-refractivity contribution in [2.24, 2.45) is 0 Å². The summed E-state index contributed by atoms with van der Waals surface area (Å²) in [5, 5.41) is 18.8. The Balaban J connectivity index is 1.99. The normalized spacial score (nSPS) is 35.2. The zero-order valence-electron chi connectivity index (χ0n) is 8.28. The molecule has 14 heavy (non-hydrogen) atoms. The molecule has 2 aliphatic rings. The minimum atomic E-state index is -1.49. The first kappa shape index (κ1) is 9.93. The van der Waals surface area contributed by atoms with Crippen molar-refractivity contribution in [1.29, 1.82) is 0 Å². The fraction of sp³-hybridized carbons (Fsp3) is 0.900. The molecule has 4 heteroatoms. The lowest BCUT2D eigenvalue weighted by molar-refractivity contribution is -0.166. The van der Waals surface area contributed by atoms with Crippen LogP contribution in [0.25, 0.3) is 0 Å². The highest BCUT2D eigenvalue weighted by Gasteiger charge is 2.42. The van der Waals surface area contributed by atoms with Crippen LogP contribution < -0.4 is 0 Å². The summed E-state index contributed by atoms with van der Waals surface area (Å²) in [6.07, 6.45) is 4.75. The van der Waals surface area contributed by atoms with Gasteiger partial charge < -0.3 is 10.2 Å². The van der Waals surface area contributed by atoms with Crippen LogP contribution in [0.5, 0.6) is 0 Å². The van der Waals surface area contributed by atoms with Gasteiger partial charge in [0.25, 0.3) is 0 Å². The first-order chi connectivity index (χ1) is 6.62. The summed E-state index contributed by atoms with van der Waals surface area (Å²) in [6, 6.07) is 0.529. The van der Waals surface area contributed by atoms with E-state index >= 15 is 0 Å². The third kappa shape index (κ3) is 1.64. The predicted octanol–water partition coefficient (Wildman–Crippen LogP) is 0.450. The molecule has 1 atom stereocenters. The van der Waals surface area contributed by atoms with Gasteiger partial charge in [0.2, 0.25) is 0 Å². The van der Waals surface area contributed by atoms with Crippen molar-refractivity contribution in [2.45, 2.75) is 43.7 Å². The second-order valence-corrected chi connectivity index (χ2v) is 4.50.